The molecule has 4 rings (SSSR count). The molecule has 0 bridgehead atoms. The van der Waals surface area contributed by atoms with Crippen LogP contribution in [0.25, 0.3) is 11.3 Å². The normalized spacial score (nSPS) is 15.2. The van der Waals surface area contributed by atoms with Crippen LogP contribution in [0.4, 0.5) is 5.69 Å². The molecular weight excluding hydrogens is 382 g/mol. The lowest BCUT2D eigenvalue weighted by Crippen LogP contribution is -2.48. The minimum absolute atomic E-state index is 0.707. The molecular formula is C20H20ClN3O2S. The van der Waals surface area contributed by atoms with Crippen LogP contribution in [0, 0.1) is 0 Å². The fraction of sp³-hybridized carbons (Fsp3) is 0.250. The molecule has 2 aromatic carbocycles. The van der Waals surface area contributed by atoms with Gasteiger partial charge in [0.1, 0.15) is 5.75 Å². The Morgan fingerprint density at radius 3 is 2.63 bits per heavy atom. The number of morpholine rings is 1. The maximum Gasteiger partial charge on any atom is 0.209 e. The van der Waals surface area contributed by atoms with Crippen LogP contribution >= 0.6 is 22.9 Å². The number of benzene rings is 2. The molecule has 7 heteroatoms. The van der Waals surface area contributed by atoms with Crippen molar-refractivity contribution in [2.24, 2.45) is 4.99 Å². The van der Waals surface area contributed by atoms with E-state index in [0.717, 1.165) is 40.6 Å². The standard InChI is InChI=1S/C20H20ClN3O2S/c1-25-18-4-2-3-15(13-18)19-14-27-20(22-17-7-5-16(21)6-8-17)24(19)23-9-11-26-12-10-23/h2-8,13-14H,9-12H2,1H3. The molecule has 0 saturated carbocycles. The van der Waals surface area contributed by atoms with Gasteiger partial charge in [-0.05, 0) is 36.4 Å². The third kappa shape index (κ3) is 4.03. The maximum atomic E-state index is 6.00. The van der Waals surface area contributed by atoms with Crippen molar-refractivity contribution in [3.8, 4) is 17.0 Å². The molecule has 0 spiro atoms. The van der Waals surface area contributed by atoms with Crippen LogP contribution < -0.4 is 14.5 Å². The van der Waals surface area contributed by atoms with Crippen molar-refractivity contribution in [1.82, 2.24) is 4.68 Å². The van der Waals surface area contributed by atoms with Crippen molar-refractivity contribution < 1.29 is 9.47 Å². The highest BCUT2D eigenvalue weighted by molar-refractivity contribution is 7.07. The minimum atomic E-state index is 0.707. The number of rotatable bonds is 4. The molecule has 0 aliphatic carbocycles. The highest BCUT2D eigenvalue weighted by atomic mass is 35.5. The molecule has 1 aliphatic rings. The van der Waals surface area contributed by atoms with E-state index < -0.39 is 0 Å². The first-order valence-corrected chi connectivity index (χ1v) is 9.98. The van der Waals surface area contributed by atoms with Gasteiger partial charge < -0.3 is 14.5 Å². The van der Waals surface area contributed by atoms with Gasteiger partial charge in [-0.2, -0.15) is 0 Å². The molecule has 2 heterocycles. The molecule has 27 heavy (non-hydrogen) atoms. The summed E-state index contributed by atoms with van der Waals surface area (Å²) in [4.78, 5) is 5.77. The van der Waals surface area contributed by atoms with Crippen molar-refractivity contribution in [2.45, 2.75) is 0 Å². The van der Waals surface area contributed by atoms with E-state index in [0.29, 0.717) is 18.2 Å². The van der Waals surface area contributed by atoms with Crippen LogP contribution in [-0.4, -0.2) is 38.1 Å². The second-order valence-corrected chi connectivity index (χ2v) is 7.37. The topological polar surface area (TPSA) is 39.0 Å². The number of hydrogen-bond donors (Lipinski definition) is 0. The summed E-state index contributed by atoms with van der Waals surface area (Å²) in [6.07, 6.45) is 0. The van der Waals surface area contributed by atoms with Crippen LogP contribution in [0.3, 0.4) is 0 Å². The molecule has 1 aliphatic heterocycles. The summed E-state index contributed by atoms with van der Waals surface area (Å²) in [5.74, 6) is 0.836. The van der Waals surface area contributed by atoms with Gasteiger partial charge in [0.15, 0.2) is 0 Å². The third-order valence-corrected chi connectivity index (χ3v) is 5.44. The number of halogens is 1. The van der Waals surface area contributed by atoms with E-state index in [1.54, 1.807) is 18.4 Å². The zero-order valence-corrected chi connectivity index (χ0v) is 16.5. The zero-order chi connectivity index (χ0) is 18.6. The summed E-state index contributed by atoms with van der Waals surface area (Å²) in [5.41, 5.74) is 3.06. The van der Waals surface area contributed by atoms with Gasteiger partial charge in [0.05, 0.1) is 44.8 Å². The summed E-state index contributed by atoms with van der Waals surface area (Å²) in [7, 11) is 1.68. The quantitative estimate of drug-likeness (QED) is 0.661. The average Bonchev–Trinajstić information content (AvgIpc) is 3.14. The van der Waals surface area contributed by atoms with E-state index in [1.807, 2.05) is 42.5 Å². The van der Waals surface area contributed by atoms with Gasteiger partial charge in [0, 0.05) is 16.0 Å². The summed E-state index contributed by atoms with van der Waals surface area (Å²) < 4.78 is 13.1. The first kappa shape index (κ1) is 18.1. The van der Waals surface area contributed by atoms with Gasteiger partial charge in [-0.25, -0.2) is 9.67 Å². The molecule has 140 valence electrons. The van der Waals surface area contributed by atoms with E-state index in [2.05, 4.69) is 21.1 Å². The van der Waals surface area contributed by atoms with E-state index in [1.165, 1.54) is 0 Å². The van der Waals surface area contributed by atoms with Crippen molar-refractivity contribution in [3.63, 3.8) is 0 Å². The van der Waals surface area contributed by atoms with E-state index >= 15 is 0 Å². The predicted molar refractivity (Wildman–Crippen MR) is 110 cm³/mol. The van der Waals surface area contributed by atoms with E-state index in [-0.39, 0.29) is 0 Å². The maximum absolute atomic E-state index is 6.00. The van der Waals surface area contributed by atoms with Crippen LogP contribution in [0.15, 0.2) is 58.9 Å². The molecule has 0 N–H and O–H groups in total. The summed E-state index contributed by atoms with van der Waals surface area (Å²) >= 11 is 7.62. The van der Waals surface area contributed by atoms with Gasteiger partial charge >= 0.3 is 0 Å². The van der Waals surface area contributed by atoms with Gasteiger partial charge in [-0.1, -0.05) is 23.7 Å². The molecule has 1 saturated heterocycles. The highest BCUT2D eigenvalue weighted by Crippen LogP contribution is 2.25. The van der Waals surface area contributed by atoms with Crippen LogP contribution in [-0.2, 0) is 4.74 Å². The number of hydrogen-bond acceptors (Lipinski definition) is 5. The lowest BCUT2D eigenvalue weighted by molar-refractivity contribution is 0.111. The SMILES string of the molecule is COc1cccc(-c2csc(=Nc3ccc(Cl)cc3)n2N2CCOCC2)c1. The van der Waals surface area contributed by atoms with Crippen LogP contribution in [0.1, 0.15) is 0 Å². The lowest BCUT2D eigenvalue weighted by atomic mass is 10.1. The number of thiazole rings is 1. The summed E-state index contributed by atoms with van der Waals surface area (Å²) in [5, 5.41) is 5.13. The molecule has 1 aromatic heterocycles. The van der Waals surface area contributed by atoms with E-state index in [9.17, 15) is 0 Å². The van der Waals surface area contributed by atoms with Crippen LogP contribution in [0.5, 0.6) is 5.75 Å². The number of aromatic nitrogens is 1. The monoisotopic (exact) mass is 401 g/mol. The highest BCUT2D eigenvalue weighted by Gasteiger charge is 2.17. The Morgan fingerprint density at radius 2 is 1.89 bits per heavy atom. The minimum Gasteiger partial charge on any atom is -0.497 e. The average molecular weight is 402 g/mol. The lowest BCUT2D eigenvalue weighted by Gasteiger charge is -2.31. The Hall–Kier alpha value is -2.28. The first-order valence-electron chi connectivity index (χ1n) is 8.73. The second kappa shape index (κ2) is 8.17. The fourth-order valence-electron chi connectivity index (χ4n) is 3.01. The number of nitrogens with zero attached hydrogens (tertiary/aromatic N) is 3. The molecule has 0 radical (unpaired) electrons. The Labute approximate surface area is 167 Å². The van der Waals surface area contributed by atoms with Crippen molar-refractivity contribution in [2.75, 3.05) is 38.4 Å². The van der Waals surface area contributed by atoms with E-state index in [4.69, 9.17) is 26.1 Å². The summed E-state index contributed by atoms with van der Waals surface area (Å²) in [6, 6.07) is 15.7. The zero-order valence-electron chi connectivity index (χ0n) is 15.0. The molecule has 5 nitrogen and oxygen atoms in total. The van der Waals surface area contributed by atoms with Crippen LogP contribution in [0.2, 0.25) is 5.02 Å². The number of ether oxygens (including phenoxy) is 2. The Bertz CT molecular complexity index is 975. The van der Waals surface area contributed by atoms with Crippen molar-refractivity contribution in [1.29, 1.82) is 0 Å². The first-order chi connectivity index (χ1) is 13.2. The summed E-state index contributed by atoms with van der Waals surface area (Å²) in [6.45, 7) is 3.06. The van der Waals surface area contributed by atoms with Crippen molar-refractivity contribution in [3.05, 3.63) is 63.7 Å². The third-order valence-electron chi connectivity index (χ3n) is 4.37. The van der Waals surface area contributed by atoms with Gasteiger partial charge in [0.25, 0.3) is 0 Å². The molecule has 0 unspecified atom stereocenters. The molecule has 0 atom stereocenters. The Kier molecular flexibility index (Phi) is 5.48. The fourth-order valence-corrected chi connectivity index (χ4v) is 4.06. The Morgan fingerprint density at radius 1 is 1.11 bits per heavy atom. The molecule has 3 aromatic rings. The van der Waals surface area contributed by atoms with Crippen molar-refractivity contribution >= 4 is 28.6 Å². The van der Waals surface area contributed by atoms with Gasteiger partial charge in [0.2, 0.25) is 4.80 Å². The Balaban J connectivity index is 1.84. The largest absolute Gasteiger partial charge is 0.497 e. The second-order valence-electron chi connectivity index (χ2n) is 6.10. The predicted octanol–water partition coefficient (Wildman–Crippen LogP) is 4.08. The molecule has 0 amide bonds. The van der Waals surface area contributed by atoms with Gasteiger partial charge in [-0.3, -0.25) is 0 Å². The smallest absolute Gasteiger partial charge is 0.209 e. The van der Waals surface area contributed by atoms with Gasteiger partial charge in [-0.15, -0.1) is 11.3 Å². The number of methoxy groups -OCH3 is 1. The molecule has 1 fully saturated rings.